The molecular formula is C52H33N5. The number of rotatable bonds is 5. The van der Waals surface area contributed by atoms with Crippen LogP contribution in [0.2, 0.25) is 0 Å². The van der Waals surface area contributed by atoms with Gasteiger partial charge in [0.05, 0.1) is 44.5 Å². The summed E-state index contributed by atoms with van der Waals surface area (Å²) in [6, 6.07) is 71.2. The lowest BCUT2D eigenvalue weighted by molar-refractivity contribution is 0.997. The molecule has 0 aliphatic heterocycles. The van der Waals surface area contributed by atoms with Gasteiger partial charge < -0.3 is 9.13 Å². The summed E-state index contributed by atoms with van der Waals surface area (Å²) in [6.07, 6.45) is 0. The molecule has 4 aromatic heterocycles. The van der Waals surface area contributed by atoms with Gasteiger partial charge in [-0.25, -0.2) is 9.97 Å². The molecule has 0 fully saturated rings. The molecule has 0 bridgehead atoms. The quantitative estimate of drug-likeness (QED) is 0.177. The third-order valence-electron chi connectivity index (χ3n) is 11.5. The summed E-state index contributed by atoms with van der Waals surface area (Å²) in [4.78, 5) is 10.9. The van der Waals surface area contributed by atoms with Gasteiger partial charge in [0, 0.05) is 54.8 Å². The lowest BCUT2D eigenvalue weighted by atomic mass is 10.1. The molecule has 5 heteroatoms. The van der Waals surface area contributed by atoms with E-state index in [0.29, 0.717) is 5.95 Å². The Bertz CT molecular complexity index is 3390. The molecule has 0 saturated carbocycles. The number of nitrogens with zero attached hydrogens (tertiary/aromatic N) is 5. The lowest BCUT2D eigenvalue weighted by Crippen LogP contribution is -2.04. The fourth-order valence-electron chi connectivity index (χ4n) is 9.00. The summed E-state index contributed by atoms with van der Waals surface area (Å²) >= 11 is 0. The van der Waals surface area contributed by atoms with Crippen molar-refractivity contribution in [1.29, 1.82) is 0 Å². The molecule has 0 aliphatic rings. The maximum atomic E-state index is 5.45. The fraction of sp³-hybridized carbons (Fsp3) is 0. The summed E-state index contributed by atoms with van der Waals surface area (Å²) < 4.78 is 7.09. The molecule has 12 rings (SSSR count). The summed E-state index contributed by atoms with van der Waals surface area (Å²) in [7, 11) is 0. The van der Waals surface area contributed by atoms with Gasteiger partial charge in [0.15, 0.2) is 0 Å². The van der Waals surface area contributed by atoms with Crippen LogP contribution in [0.3, 0.4) is 0 Å². The van der Waals surface area contributed by atoms with Crippen molar-refractivity contribution in [2.45, 2.75) is 0 Å². The second-order valence-corrected chi connectivity index (χ2v) is 14.6. The second-order valence-electron chi connectivity index (χ2n) is 14.6. The average molecular weight is 728 g/mol. The van der Waals surface area contributed by atoms with E-state index in [2.05, 4.69) is 202 Å². The number of hydrogen-bond donors (Lipinski definition) is 0. The van der Waals surface area contributed by atoms with E-state index >= 15 is 0 Å². The first-order chi connectivity index (χ1) is 28.3. The minimum absolute atomic E-state index is 0.624. The molecule has 0 amide bonds. The van der Waals surface area contributed by atoms with Crippen molar-refractivity contribution < 1.29 is 0 Å². The molecule has 0 atom stereocenters. The van der Waals surface area contributed by atoms with E-state index in [4.69, 9.17) is 9.97 Å². The van der Waals surface area contributed by atoms with Crippen LogP contribution in [0.15, 0.2) is 200 Å². The molecule has 0 N–H and O–H groups in total. The number of para-hydroxylation sites is 4. The summed E-state index contributed by atoms with van der Waals surface area (Å²) in [5, 5.41) is 7.10. The molecular weight excluding hydrogens is 695 g/mol. The van der Waals surface area contributed by atoms with Crippen LogP contribution in [0, 0.1) is 0 Å². The minimum atomic E-state index is 0.624. The van der Waals surface area contributed by atoms with Gasteiger partial charge >= 0.3 is 0 Å². The second kappa shape index (κ2) is 12.4. The molecule has 0 spiro atoms. The predicted molar refractivity (Wildman–Crippen MR) is 236 cm³/mol. The first-order valence-electron chi connectivity index (χ1n) is 19.3. The van der Waals surface area contributed by atoms with Gasteiger partial charge in [-0.2, -0.15) is 0 Å². The average Bonchev–Trinajstić information content (AvgIpc) is 3.92. The van der Waals surface area contributed by atoms with E-state index in [-0.39, 0.29) is 0 Å². The van der Waals surface area contributed by atoms with E-state index in [0.717, 1.165) is 72.1 Å². The van der Waals surface area contributed by atoms with Gasteiger partial charge in [-0.05, 0) is 54.6 Å². The Kier molecular flexibility index (Phi) is 6.86. The number of benzene rings is 8. The van der Waals surface area contributed by atoms with Crippen LogP contribution in [-0.2, 0) is 0 Å². The Morgan fingerprint density at radius 3 is 1.39 bits per heavy atom. The van der Waals surface area contributed by atoms with Gasteiger partial charge in [0.2, 0.25) is 5.95 Å². The molecule has 0 unspecified atom stereocenters. The van der Waals surface area contributed by atoms with Crippen LogP contribution < -0.4 is 0 Å². The summed E-state index contributed by atoms with van der Waals surface area (Å²) in [5.74, 6) is 0.624. The van der Waals surface area contributed by atoms with Gasteiger partial charge in [-0.3, -0.25) is 4.57 Å². The molecule has 4 heterocycles. The topological polar surface area (TPSA) is 40.6 Å². The maximum absolute atomic E-state index is 5.45. The van der Waals surface area contributed by atoms with Crippen LogP contribution in [0.25, 0.3) is 105 Å². The first kappa shape index (κ1) is 31.6. The normalized spacial score (nSPS) is 11.9. The summed E-state index contributed by atoms with van der Waals surface area (Å²) in [5.41, 5.74) is 12.7. The van der Waals surface area contributed by atoms with Crippen molar-refractivity contribution in [1.82, 2.24) is 23.7 Å². The van der Waals surface area contributed by atoms with E-state index < -0.39 is 0 Å². The predicted octanol–water partition coefficient (Wildman–Crippen LogP) is 13.1. The Labute approximate surface area is 328 Å². The molecule has 0 aliphatic carbocycles. The standard InChI is InChI=1S/C52H33N5/c1-4-16-34(17-5-1)43-33-44(35-18-6-2-7-19-35)54-52(53-43)57-49-32-37(56-45-25-13-10-22-38(45)39-23-11-14-26-46(39)56)28-29-40(49)41-30-31-48-50(51(41)57)42-24-12-15-27-47(42)55(48)36-20-8-3-9-21-36/h1-33H. The smallest absolute Gasteiger partial charge is 0.235 e. The molecule has 5 nitrogen and oxygen atoms in total. The number of aromatic nitrogens is 5. The van der Waals surface area contributed by atoms with E-state index in [1.165, 1.54) is 27.2 Å². The molecule has 0 radical (unpaired) electrons. The molecule has 266 valence electrons. The Morgan fingerprint density at radius 2 is 0.772 bits per heavy atom. The first-order valence-corrected chi connectivity index (χ1v) is 19.3. The lowest BCUT2D eigenvalue weighted by Gasteiger charge is -2.13. The van der Waals surface area contributed by atoms with Crippen molar-refractivity contribution in [3.8, 4) is 39.8 Å². The largest absolute Gasteiger partial charge is 0.309 e. The molecule has 57 heavy (non-hydrogen) atoms. The zero-order chi connectivity index (χ0) is 37.5. The number of fused-ring (bicyclic) bond motifs is 10. The van der Waals surface area contributed by atoms with E-state index in [1.807, 2.05) is 12.1 Å². The van der Waals surface area contributed by atoms with Gasteiger partial charge in [0.1, 0.15) is 0 Å². The minimum Gasteiger partial charge on any atom is -0.309 e. The van der Waals surface area contributed by atoms with Gasteiger partial charge in [-0.1, -0.05) is 146 Å². The third kappa shape index (κ3) is 4.76. The highest BCUT2D eigenvalue weighted by Gasteiger charge is 2.24. The zero-order valence-electron chi connectivity index (χ0n) is 30.8. The highest BCUT2D eigenvalue weighted by molar-refractivity contribution is 6.26. The molecule has 8 aromatic carbocycles. The van der Waals surface area contributed by atoms with Gasteiger partial charge in [0.25, 0.3) is 0 Å². The van der Waals surface area contributed by atoms with Crippen molar-refractivity contribution in [2.75, 3.05) is 0 Å². The monoisotopic (exact) mass is 727 g/mol. The van der Waals surface area contributed by atoms with Crippen molar-refractivity contribution >= 4 is 65.4 Å². The van der Waals surface area contributed by atoms with Gasteiger partial charge in [-0.15, -0.1) is 0 Å². The number of hydrogen-bond acceptors (Lipinski definition) is 2. The van der Waals surface area contributed by atoms with Crippen LogP contribution in [0.4, 0.5) is 0 Å². The van der Waals surface area contributed by atoms with Crippen LogP contribution in [0.5, 0.6) is 0 Å². The fourth-order valence-corrected chi connectivity index (χ4v) is 9.00. The van der Waals surface area contributed by atoms with E-state index in [1.54, 1.807) is 0 Å². The third-order valence-corrected chi connectivity index (χ3v) is 11.5. The van der Waals surface area contributed by atoms with Crippen molar-refractivity contribution in [3.05, 3.63) is 200 Å². The Morgan fingerprint density at radius 1 is 0.298 bits per heavy atom. The van der Waals surface area contributed by atoms with Crippen LogP contribution >= 0.6 is 0 Å². The Hall–Kier alpha value is -7.76. The highest BCUT2D eigenvalue weighted by atomic mass is 15.2. The van der Waals surface area contributed by atoms with Crippen molar-refractivity contribution in [2.24, 2.45) is 0 Å². The van der Waals surface area contributed by atoms with Crippen LogP contribution in [0.1, 0.15) is 0 Å². The Balaban J connectivity index is 1.26. The summed E-state index contributed by atoms with van der Waals surface area (Å²) in [6.45, 7) is 0. The van der Waals surface area contributed by atoms with E-state index in [9.17, 15) is 0 Å². The zero-order valence-corrected chi connectivity index (χ0v) is 30.8. The van der Waals surface area contributed by atoms with Crippen molar-refractivity contribution in [3.63, 3.8) is 0 Å². The maximum Gasteiger partial charge on any atom is 0.235 e. The SMILES string of the molecule is c1ccc(-c2cc(-c3ccccc3)nc(-n3c4cc(-n5c6ccccc6c6ccccc65)ccc4c4ccc5c(c6ccccc6n5-c5ccccc5)c43)n2)cc1. The van der Waals surface area contributed by atoms with Crippen LogP contribution in [-0.4, -0.2) is 23.7 Å². The highest BCUT2D eigenvalue weighted by Crippen LogP contribution is 2.43. The molecule has 12 aromatic rings. The molecule has 0 saturated heterocycles.